The summed E-state index contributed by atoms with van der Waals surface area (Å²) in [7, 11) is 0. The van der Waals surface area contributed by atoms with Crippen LogP contribution < -0.4 is 0 Å². The van der Waals surface area contributed by atoms with E-state index in [9.17, 15) is 9.59 Å². The molecule has 1 atom stereocenters. The van der Waals surface area contributed by atoms with Gasteiger partial charge in [0.25, 0.3) is 0 Å². The van der Waals surface area contributed by atoms with Gasteiger partial charge in [0.2, 0.25) is 0 Å². The SMILES string of the molecule is O=C1CC[C@@H](COC(=O)n2ccnc2)C1. The highest BCUT2D eigenvalue weighted by atomic mass is 16.5. The first-order valence-electron chi connectivity index (χ1n) is 4.92. The molecule has 0 bridgehead atoms. The lowest BCUT2D eigenvalue weighted by Crippen LogP contribution is -2.16. The third-order valence-corrected chi connectivity index (χ3v) is 2.51. The summed E-state index contributed by atoms with van der Waals surface area (Å²) in [5.74, 6) is 0.462. The topological polar surface area (TPSA) is 61.2 Å². The first-order chi connectivity index (χ1) is 7.25. The average molecular weight is 208 g/mol. The second-order valence-corrected chi connectivity index (χ2v) is 3.69. The molecule has 5 heteroatoms. The van der Waals surface area contributed by atoms with Crippen LogP contribution >= 0.6 is 0 Å². The lowest BCUT2D eigenvalue weighted by molar-refractivity contribution is -0.117. The van der Waals surface area contributed by atoms with Crippen LogP contribution in [0.4, 0.5) is 4.79 Å². The lowest BCUT2D eigenvalue weighted by Gasteiger charge is -2.08. The van der Waals surface area contributed by atoms with E-state index in [-0.39, 0.29) is 11.7 Å². The van der Waals surface area contributed by atoms with Gasteiger partial charge in [-0.25, -0.2) is 14.3 Å². The number of ether oxygens (including phenoxy) is 1. The molecule has 0 N–H and O–H groups in total. The predicted molar refractivity (Wildman–Crippen MR) is 51.3 cm³/mol. The minimum absolute atomic E-state index is 0.199. The Hall–Kier alpha value is -1.65. The van der Waals surface area contributed by atoms with E-state index in [0.29, 0.717) is 19.4 Å². The number of carbonyl (C=O) groups is 2. The summed E-state index contributed by atoms with van der Waals surface area (Å²) in [5, 5.41) is 0. The highest BCUT2D eigenvalue weighted by Gasteiger charge is 2.23. The lowest BCUT2D eigenvalue weighted by atomic mass is 10.1. The molecule has 1 aliphatic carbocycles. The monoisotopic (exact) mass is 208 g/mol. The fraction of sp³-hybridized carbons (Fsp3) is 0.500. The van der Waals surface area contributed by atoms with Crippen molar-refractivity contribution < 1.29 is 14.3 Å². The number of imidazole rings is 1. The molecule has 80 valence electrons. The second kappa shape index (κ2) is 4.25. The van der Waals surface area contributed by atoms with Crippen LogP contribution in [0.5, 0.6) is 0 Å². The number of rotatable bonds is 2. The first kappa shape index (κ1) is 9.89. The van der Waals surface area contributed by atoms with Gasteiger partial charge in [0.05, 0.1) is 6.61 Å². The maximum absolute atomic E-state index is 11.4. The molecule has 15 heavy (non-hydrogen) atoms. The zero-order chi connectivity index (χ0) is 10.7. The van der Waals surface area contributed by atoms with Crippen LogP contribution in [0.25, 0.3) is 0 Å². The van der Waals surface area contributed by atoms with Gasteiger partial charge in [0, 0.05) is 31.2 Å². The Labute approximate surface area is 87.1 Å². The van der Waals surface area contributed by atoms with E-state index in [1.165, 1.54) is 23.3 Å². The second-order valence-electron chi connectivity index (χ2n) is 3.69. The van der Waals surface area contributed by atoms with E-state index >= 15 is 0 Å². The molecule has 1 aromatic rings. The van der Waals surface area contributed by atoms with Crippen LogP contribution in [0.1, 0.15) is 19.3 Å². The standard InChI is InChI=1S/C10H12N2O3/c13-9-2-1-8(5-9)6-15-10(14)12-4-3-11-7-12/h3-4,7-8H,1-2,5-6H2/t8-/m1/s1. The Kier molecular flexibility index (Phi) is 2.80. The summed E-state index contributed by atoms with van der Waals surface area (Å²) in [6, 6.07) is 0. The van der Waals surface area contributed by atoms with Gasteiger partial charge in [0.15, 0.2) is 0 Å². The number of hydrogen-bond acceptors (Lipinski definition) is 4. The van der Waals surface area contributed by atoms with Crippen LogP contribution in [0.2, 0.25) is 0 Å². The summed E-state index contributed by atoms with van der Waals surface area (Å²) >= 11 is 0. The molecular weight excluding hydrogens is 196 g/mol. The summed E-state index contributed by atoms with van der Waals surface area (Å²) in [6.07, 6.45) is 5.98. The molecule has 0 unspecified atom stereocenters. The van der Waals surface area contributed by atoms with Gasteiger partial charge in [-0.2, -0.15) is 0 Å². The Morgan fingerprint density at radius 3 is 3.13 bits per heavy atom. The highest BCUT2D eigenvalue weighted by Crippen LogP contribution is 2.21. The Morgan fingerprint density at radius 2 is 2.53 bits per heavy atom. The van der Waals surface area contributed by atoms with Gasteiger partial charge in [-0.05, 0) is 6.42 Å². The van der Waals surface area contributed by atoms with Crippen molar-refractivity contribution in [3.63, 3.8) is 0 Å². The maximum atomic E-state index is 11.4. The van der Waals surface area contributed by atoms with Crippen LogP contribution in [0, 0.1) is 5.92 Å². The Bertz CT molecular complexity index is 359. The molecule has 2 rings (SSSR count). The van der Waals surface area contributed by atoms with Crippen molar-refractivity contribution in [1.82, 2.24) is 9.55 Å². The fourth-order valence-corrected chi connectivity index (χ4v) is 1.66. The molecule has 1 saturated carbocycles. The summed E-state index contributed by atoms with van der Waals surface area (Å²) in [4.78, 5) is 26.1. The fourth-order valence-electron chi connectivity index (χ4n) is 1.66. The van der Waals surface area contributed by atoms with Crippen molar-refractivity contribution in [3.05, 3.63) is 18.7 Å². The third kappa shape index (κ3) is 2.43. The summed E-state index contributed by atoms with van der Waals surface area (Å²) < 4.78 is 6.33. The minimum Gasteiger partial charge on any atom is -0.449 e. The van der Waals surface area contributed by atoms with Crippen LogP contribution in [0.3, 0.4) is 0 Å². The number of Topliss-reactive ketones (excluding diaryl/α,β-unsaturated/α-hetero) is 1. The Balaban J connectivity index is 1.79. The number of carbonyl (C=O) groups excluding carboxylic acids is 2. The molecule has 1 aromatic heterocycles. The molecule has 0 aliphatic heterocycles. The zero-order valence-electron chi connectivity index (χ0n) is 8.26. The third-order valence-electron chi connectivity index (χ3n) is 2.51. The van der Waals surface area contributed by atoms with E-state index in [0.717, 1.165) is 6.42 Å². The van der Waals surface area contributed by atoms with Crippen LogP contribution in [0.15, 0.2) is 18.7 Å². The summed E-state index contributed by atoms with van der Waals surface area (Å²) in [6.45, 7) is 0.322. The number of aromatic nitrogens is 2. The van der Waals surface area contributed by atoms with Gasteiger partial charge < -0.3 is 4.74 Å². The van der Waals surface area contributed by atoms with Gasteiger partial charge in [-0.3, -0.25) is 4.79 Å². The van der Waals surface area contributed by atoms with E-state index < -0.39 is 6.09 Å². The number of hydrogen-bond donors (Lipinski definition) is 0. The quantitative estimate of drug-likeness (QED) is 0.733. The molecule has 0 radical (unpaired) electrons. The molecule has 0 amide bonds. The Morgan fingerprint density at radius 1 is 1.67 bits per heavy atom. The molecule has 1 aliphatic rings. The largest absolute Gasteiger partial charge is 0.449 e. The van der Waals surface area contributed by atoms with Gasteiger partial charge in [-0.15, -0.1) is 0 Å². The normalized spacial score (nSPS) is 20.5. The van der Waals surface area contributed by atoms with Crippen molar-refractivity contribution in [2.75, 3.05) is 6.61 Å². The van der Waals surface area contributed by atoms with E-state index in [1.807, 2.05) is 0 Å². The smallest absolute Gasteiger partial charge is 0.419 e. The maximum Gasteiger partial charge on any atom is 0.419 e. The minimum atomic E-state index is -0.438. The molecule has 5 nitrogen and oxygen atoms in total. The summed E-state index contributed by atoms with van der Waals surface area (Å²) in [5.41, 5.74) is 0. The van der Waals surface area contributed by atoms with Crippen molar-refractivity contribution in [1.29, 1.82) is 0 Å². The average Bonchev–Trinajstić information content (AvgIpc) is 2.84. The van der Waals surface area contributed by atoms with Gasteiger partial charge in [-0.1, -0.05) is 0 Å². The van der Waals surface area contributed by atoms with Crippen molar-refractivity contribution in [2.45, 2.75) is 19.3 Å². The van der Waals surface area contributed by atoms with Crippen LogP contribution in [-0.4, -0.2) is 28.0 Å². The molecule has 0 spiro atoms. The van der Waals surface area contributed by atoms with Crippen molar-refractivity contribution >= 4 is 11.9 Å². The molecule has 1 heterocycles. The van der Waals surface area contributed by atoms with E-state index in [4.69, 9.17) is 4.74 Å². The molecule has 1 fully saturated rings. The molecule has 0 saturated heterocycles. The van der Waals surface area contributed by atoms with Crippen molar-refractivity contribution in [2.24, 2.45) is 5.92 Å². The van der Waals surface area contributed by atoms with Crippen LogP contribution in [-0.2, 0) is 9.53 Å². The van der Waals surface area contributed by atoms with E-state index in [1.54, 1.807) is 0 Å². The number of nitrogens with zero attached hydrogens (tertiary/aromatic N) is 2. The van der Waals surface area contributed by atoms with Crippen molar-refractivity contribution in [3.8, 4) is 0 Å². The number of ketones is 1. The molecular formula is C10H12N2O3. The predicted octanol–water partition coefficient (Wildman–Crippen LogP) is 1.24. The zero-order valence-corrected chi connectivity index (χ0v) is 8.26. The van der Waals surface area contributed by atoms with Gasteiger partial charge in [0.1, 0.15) is 12.1 Å². The van der Waals surface area contributed by atoms with E-state index in [2.05, 4.69) is 4.98 Å². The molecule has 0 aromatic carbocycles. The first-order valence-corrected chi connectivity index (χ1v) is 4.92. The van der Waals surface area contributed by atoms with Gasteiger partial charge >= 0.3 is 6.09 Å². The highest BCUT2D eigenvalue weighted by molar-refractivity contribution is 5.80.